The zero-order valence-electron chi connectivity index (χ0n) is 16.9. The Labute approximate surface area is 173 Å². The van der Waals surface area contributed by atoms with Gasteiger partial charge in [0.15, 0.2) is 0 Å². The standard InChI is InChI=1S/C13H19F9N2O4S.C2H6/c1-24(7-9(25)26)5-2-4-23-29(27,28)6-3-10(14,15)8-11(16,12(17,18)19)13(20,21)22;1-2/h23H,2-8H2,1H3,(H,25,26);1-2H3. The van der Waals surface area contributed by atoms with Gasteiger partial charge in [0.25, 0.3) is 5.92 Å². The first-order valence-electron chi connectivity index (χ1n) is 8.91. The van der Waals surface area contributed by atoms with Crippen molar-refractivity contribution >= 4 is 16.0 Å². The molecule has 0 aromatic rings. The van der Waals surface area contributed by atoms with Crippen molar-refractivity contribution in [1.82, 2.24) is 4.72 Å². The molecule has 0 fully saturated rings. The van der Waals surface area contributed by atoms with Crippen LogP contribution in [0.5, 0.6) is 0 Å². The smallest absolute Gasteiger partial charge is 0.431 e. The SMILES string of the molecule is CC.C[NH+](CCCNS(=O)(=O)CCC(F)(F)CC(F)(C(F)(F)F)C(F)(F)F)CC(=O)[O-]. The number of rotatable bonds is 12. The Morgan fingerprint density at radius 1 is 0.968 bits per heavy atom. The predicted molar refractivity (Wildman–Crippen MR) is 89.5 cm³/mol. The van der Waals surface area contributed by atoms with Crippen molar-refractivity contribution in [3.8, 4) is 0 Å². The zero-order chi connectivity index (χ0) is 25.3. The molecular weight excluding hydrogens is 475 g/mol. The van der Waals surface area contributed by atoms with Gasteiger partial charge in [0.1, 0.15) is 6.54 Å². The number of aliphatic carboxylic acids is 1. The lowest BCUT2D eigenvalue weighted by molar-refractivity contribution is -0.873. The summed E-state index contributed by atoms with van der Waals surface area (Å²) in [6.07, 6.45) is -18.6. The number of carboxylic acids is 1. The molecule has 0 radical (unpaired) electrons. The van der Waals surface area contributed by atoms with E-state index in [1.807, 2.05) is 13.8 Å². The van der Waals surface area contributed by atoms with E-state index in [0.29, 0.717) is 4.90 Å². The topological polar surface area (TPSA) is 90.7 Å². The molecule has 2 N–H and O–H groups in total. The lowest BCUT2D eigenvalue weighted by atomic mass is 9.94. The number of carbonyl (C=O) groups is 1. The molecule has 0 aliphatic rings. The summed E-state index contributed by atoms with van der Waals surface area (Å²) < 4.78 is 139. The third-order valence-corrected chi connectivity index (χ3v) is 5.07. The summed E-state index contributed by atoms with van der Waals surface area (Å²) in [6, 6.07) is 0. The van der Waals surface area contributed by atoms with Gasteiger partial charge in [0.05, 0.1) is 31.7 Å². The Bertz CT molecular complexity index is 638. The molecule has 0 aromatic heterocycles. The second kappa shape index (κ2) is 12.1. The van der Waals surface area contributed by atoms with Crippen molar-refractivity contribution < 1.29 is 62.7 Å². The van der Waals surface area contributed by atoms with Gasteiger partial charge in [-0.2, -0.15) is 26.3 Å². The van der Waals surface area contributed by atoms with Gasteiger partial charge in [-0.25, -0.2) is 26.3 Å². The highest BCUT2D eigenvalue weighted by Crippen LogP contribution is 2.51. The van der Waals surface area contributed by atoms with Crippen LogP contribution in [0.4, 0.5) is 39.5 Å². The molecule has 0 saturated carbocycles. The third-order valence-electron chi connectivity index (χ3n) is 3.69. The number of likely N-dealkylation sites (N-methyl/N-ethyl adjacent to an activating group) is 1. The van der Waals surface area contributed by atoms with Crippen molar-refractivity contribution in [3.63, 3.8) is 0 Å². The lowest BCUT2D eigenvalue weighted by Crippen LogP contribution is -3.10. The summed E-state index contributed by atoms with van der Waals surface area (Å²) >= 11 is 0. The maximum atomic E-state index is 13.5. The van der Waals surface area contributed by atoms with Gasteiger partial charge in [-0.3, -0.25) is 0 Å². The van der Waals surface area contributed by atoms with Crippen molar-refractivity contribution in [2.75, 3.05) is 32.4 Å². The van der Waals surface area contributed by atoms with E-state index in [1.165, 1.54) is 7.05 Å². The van der Waals surface area contributed by atoms with Crippen LogP contribution in [0.25, 0.3) is 0 Å². The van der Waals surface area contributed by atoms with Crippen molar-refractivity contribution in [2.24, 2.45) is 0 Å². The van der Waals surface area contributed by atoms with E-state index in [2.05, 4.69) is 0 Å². The number of hydrogen-bond donors (Lipinski definition) is 2. The second-order valence-corrected chi connectivity index (χ2v) is 8.33. The first kappa shape index (κ1) is 31.9. The van der Waals surface area contributed by atoms with E-state index in [-0.39, 0.29) is 26.1 Å². The van der Waals surface area contributed by atoms with Gasteiger partial charge in [0.2, 0.25) is 10.0 Å². The first-order valence-corrected chi connectivity index (χ1v) is 10.6. The van der Waals surface area contributed by atoms with Crippen LogP contribution >= 0.6 is 0 Å². The molecule has 0 aliphatic heterocycles. The molecule has 188 valence electrons. The quantitative estimate of drug-likeness (QED) is 0.307. The Hall–Kier alpha value is -1.29. The average Bonchev–Trinajstić information content (AvgIpc) is 2.56. The Balaban J connectivity index is 0. The average molecular weight is 500 g/mol. The fourth-order valence-electron chi connectivity index (χ4n) is 2.11. The summed E-state index contributed by atoms with van der Waals surface area (Å²) in [5.41, 5.74) is -6.20. The molecular formula is C15H25F9N2O4S. The van der Waals surface area contributed by atoms with E-state index in [9.17, 15) is 57.8 Å². The van der Waals surface area contributed by atoms with Crippen LogP contribution in [0.2, 0.25) is 0 Å². The van der Waals surface area contributed by atoms with Crippen LogP contribution in [-0.4, -0.2) is 70.8 Å². The summed E-state index contributed by atoms with van der Waals surface area (Å²) in [5, 5.41) is 10.3. The molecule has 0 heterocycles. The lowest BCUT2D eigenvalue weighted by Gasteiger charge is -2.32. The Kier molecular flexibility index (Phi) is 12.4. The van der Waals surface area contributed by atoms with E-state index in [0.717, 1.165) is 0 Å². The molecule has 0 bridgehead atoms. The number of quaternary nitrogens is 1. The number of hydrogen-bond acceptors (Lipinski definition) is 4. The summed E-state index contributed by atoms with van der Waals surface area (Å²) in [5.74, 6) is -7.84. The number of nitrogens with one attached hydrogen (secondary N) is 2. The summed E-state index contributed by atoms with van der Waals surface area (Å²) in [6.45, 7) is 3.40. The van der Waals surface area contributed by atoms with E-state index in [4.69, 9.17) is 0 Å². The maximum Gasteiger partial charge on any atom is 0.431 e. The van der Waals surface area contributed by atoms with Gasteiger partial charge in [-0.05, 0) is 0 Å². The van der Waals surface area contributed by atoms with E-state index in [1.54, 1.807) is 4.72 Å². The molecule has 0 aliphatic carbocycles. The van der Waals surface area contributed by atoms with Crippen molar-refractivity contribution in [3.05, 3.63) is 0 Å². The Morgan fingerprint density at radius 2 is 1.42 bits per heavy atom. The van der Waals surface area contributed by atoms with Crippen LogP contribution in [0, 0.1) is 0 Å². The number of alkyl halides is 9. The first-order chi connectivity index (χ1) is 13.7. The Morgan fingerprint density at radius 3 is 1.81 bits per heavy atom. The normalized spacial score (nSPS) is 14.6. The molecule has 0 spiro atoms. The summed E-state index contributed by atoms with van der Waals surface area (Å²) in [4.78, 5) is 10.7. The largest absolute Gasteiger partial charge is 0.544 e. The van der Waals surface area contributed by atoms with Crippen LogP contribution in [0.15, 0.2) is 0 Å². The van der Waals surface area contributed by atoms with Crippen molar-refractivity contribution in [1.29, 1.82) is 0 Å². The van der Waals surface area contributed by atoms with Crippen molar-refractivity contribution in [2.45, 2.75) is 57.1 Å². The molecule has 31 heavy (non-hydrogen) atoms. The highest BCUT2D eigenvalue weighted by Gasteiger charge is 2.74. The summed E-state index contributed by atoms with van der Waals surface area (Å²) in [7, 11) is -3.08. The van der Waals surface area contributed by atoms with Gasteiger partial charge < -0.3 is 14.8 Å². The minimum atomic E-state index is -6.67. The third kappa shape index (κ3) is 11.8. The maximum absolute atomic E-state index is 13.5. The van der Waals surface area contributed by atoms with E-state index >= 15 is 0 Å². The fraction of sp³-hybridized carbons (Fsp3) is 0.933. The number of sulfonamides is 1. The minimum absolute atomic E-state index is 0.0461. The van der Waals surface area contributed by atoms with Crippen LogP contribution in [-0.2, 0) is 14.8 Å². The molecule has 0 amide bonds. The zero-order valence-corrected chi connectivity index (χ0v) is 17.7. The molecule has 1 unspecified atom stereocenters. The highest BCUT2D eigenvalue weighted by atomic mass is 32.2. The van der Waals surface area contributed by atoms with Crippen LogP contribution in [0.3, 0.4) is 0 Å². The highest BCUT2D eigenvalue weighted by molar-refractivity contribution is 7.89. The van der Waals surface area contributed by atoms with E-state index < -0.39 is 58.5 Å². The second-order valence-electron chi connectivity index (χ2n) is 6.40. The van der Waals surface area contributed by atoms with Crippen LogP contribution in [0.1, 0.15) is 33.1 Å². The number of halogens is 9. The fourth-order valence-corrected chi connectivity index (χ4v) is 3.28. The molecule has 0 saturated heterocycles. The monoisotopic (exact) mass is 500 g/mol. The predicted octanol–water partition coefficient (Wildman–Crippen LogP) is 0.835. The molecule has 6 nitrogen and oxygen atoms in total. The van der Waals surface area contributed by atoms with Crippen LogP contribution < -0.4 is 14.7 Å². The van der Waals surface area contributed by atoms with Gasteiger partial charge in [0, 0.05) is 19.4 Å². The molecule has 16 heteroatoms. The number of carbonyl (C=O) groups excluding carboxylic acids is 1. The minimum Gasteiger partial charge on any atom is -0.544 e. The molecule has 1 atom stereocenters. The van der Waals surface area contributed by atoms with Gasteiger partial charge >= 0.3 is 18.0 Å². The van der Waals surface area contributed by atoms with Gasteiger partial charge in [-0.15, -0.1) is 0 Å². The number of carboxylic acid groups (broad SMARTS) is 1. The molecule has 0 rings (SSSR count). The van der Waals surface area contributed by atoms with Gasteiger partial charge in [-0.1, -0.05) is 13.8 Å². The molecule has 0 aromatic carbocycles.